The van der Waals surface area contributed by atoms with Gasteiger partial charge in [-0.3, -0.25) is 4.79 Å². The zero-order chi connectivity index (χ0) is 15.9. The fraction of sp³-hybridized carbons (Fsp3) is 0.438. The summed E-state index contributed by atoms with van der Waals surface area (Å²) >= 11 is 0. The number of nitrogens with one attached hydrogen (secondary N) is 1. The Hall–Kier alpha value is -2.55. The molecule has 1 aromatic carbocycles. The molecule has 0 bridgehead atoms. The van der Waals surface area contributed by atoms with Gasteiger partial charge in [-0.2, -0.15) is 5.26 Å². The van der Waals surface area contributed by atoms with Gasteiger partial charge in [0.25, 0.3) is 5.91 Å². The summed E-state index contributed by atoms with van der Waals surface area (Å²) in [5.41, 5.74) is 1.06. The van der Waals surface area contributed by atoms with Crippen molar-refractivity contribution in [3.05, 3.63) is 35.4 Å². The number of hydrogen-bond acceptors (Lipinski definition) is 4. The molecule has 1 N–H and O–H groups in total. The van der Waals surface area contributed by atoms with Crippen molar-refractivity contribution in [3.63, 3.8) is 0 Å². The molecule has 0 spiro atoms. The molecule has 116 valence electrons. The van der Waals surface area contributed by atoms with E-state index < -0.39 is 0 Å². The van der Waals surface area contributed by atoms with Crippen molar-refractivity contribution in [2.24, 2.45) is 0 Å². The van der Waals surface area contributed by atoms with Crippen molar-refractivity contribution in [2.75, 3.05) is 19.7 Å². The molecule has 2 amide bonds. The van der Waals surface area contributed by atoms with Crippen LogP contribution in [0.5, 0.6) is 0 Å². The van der Waals surface area contributed by atoms with Gasteiger partial charge in [0.15, 0.2) is 0 Å². The maximum absolute atomic E-state index is 12.1. The minimum absolute atomic E-state index is 0.0498. The number of ether oxygens (including phenoxy) is 1. The van der Waals surface area contributed by atoms with E-state index in [0.717, 1.165) is 0 Å². The average molecular weight is 301 g/mol. The van der Waals surface area contributed by atoms with Crippen LogP contribution in [-0.4, -0.2) is 42.6 Å². The van der Waals surface area contributed by atoms with Gasteiger partial charge in [-0.25, -0.2) is 4.79 Å². The number of benzene rings is 1. The van der Waals surface area contributed by atoms with E-state index in [0.29, 0.717) is 43.7 Å². The predicted octanol–water partition coefficient (Wildman–Crippen LogP) is 1.91. The number of nitrogens with zero attached hydrogens (tertiary/aromatic N) is 2. The lowest BCUT2D eigenvalue weighted by atomic mass is 10.0. The van der Waals surface area contributed by atoms with Crippen LogP contribution in [0.1, 0.15) is 35.7 Å². The molecule has 1 aliphatic rings. The number of likely N-dealkylation sites (tertiary alicyclic amines) is 1. The molecule has 2 rings (SSSR count). The fourth-order valence-corrected chi connectivity index (χ4v) is 2.39. The van der Waals surface area contributed by atoms with Crippen molar-refractivity contribution in [2.45, 2.75) is 25.8 Å². The monoisotopic (exact) mass is 301 g/mol. The van der Waals surface area contributed by atoms with E-state index in [1.54, 1.807) is 36.1 Å². The first-order valence-corrected chi connectivity index (χ1v) is 7.36. The smallest absolute Gasteiger partial charge is 0.409 e. The molecule has 0 aliphatic carbocycles. The van der Waals surface area contributed by atoms with Crippen molar-refractivity contribution in [3.8, 4) is 6.07 Å². The molecule has 0 radical (unpaired) electrons. The highest BCUT2D eigenvalue weighted by Crippen LogP contribution is 2.12. The summed E-state index contributed by atoms with van der Waals surface area (Å²) in [5.74, 6) is -0.154. The SMILES string of the molecule is CCOC(=O)N1CCC(NC(=O)c2ccc(C#N)cc2)CC1. The first-order valence-electron chi connectivity index (χ1n) is 7.36. The normalized spacial score (nSPS) is 15.0. The summed E-state index contributed by atoms with van der Waals surface area (Å²) < 4.78 is 4.96. The molecule has 1 aliphatic heterocycles. The summed E-state index contributed by atoms with van der Waals surface area (Å²) in [4.78, 5) is 25.4. The Morgan fingerprint density at radius 1 is 1.32 bits per heavy atom. The topological polar surface area (TPSA) is 82.4 Å². The van der Waals surface area contributed by atoms with E-state index in [4.69, 9.17) is 10.00 Å². The van der Waals surface area contributed by atoms with Crippen LogP contribution in [0, 0.1) is 11.3 Å². The van der Waals surface area contributed by atoms with Crippen molar-refractivity contribution in [1.82, 2.24) is 10.2 Å². The lowest BCUT2D eigenvalue weighted by Crippen LogP contribution is -2.46. The van der Waals surface area contributed by atoms with E-state index in [1.165, 1.54) is 0 Å². The number of piperidine rings is 1. The molecule has 1 heterocycles. The number of carbonyl (C=O) groups excluding carboxylic acids is 2. The summed E-state index contributed by atoms with van der Waals surface area (Å²) in [5, 5.41) is 11.7. The van der Waals surface area contributed by atoms with E-state index in [2.05, 4.69) is 5.32 Å². The lowest BCUT2D eigenvalue weighted by molar-refractivity contribution is 0.0860. The molecule has 6 nitrogen and oxygen atoms in total. The Kier molecular flexibility index (Phi) is 5.37. The molecule has 1 saturated heterocycles. The number of hydrogen-bond donors (Lipinski definition) is 1. The number of rotatable bonds is 3. The number of carbonyl (C=O) groups is 2. The van der Waals surface area contributed by atoms with Gasteiger partial charge < -0.3 is 15.0 Å². The van der Waals surface area contributed by atoms with Crippen LogP contribution in [0.25, 0.3) is 0 Å². The van der Waals surface area contributed by atoms with Gasteiger partial charge in [-0.1, -0.05) is 0 Å². The van der Waals surface area contributed by atoms with Gasteiger partial charge in [-0.05, 0) is 44.0 Å². The largest absolute Gasteiger partial charge is 0.450 e. The Morgan fingerprint density at radius 2 is 1.95 bits per heavy atom. The van der Waals surface area contributed by atoms with Crippen molar-refractivity contribution < 1.29 is 14.3 Å². The van der Waals surface area contributed by atoms with Gasteiger partial charge in [-0.15, -0.1) is 0 Å². The summed E-state index contributed by atoms with van der Waals surface area (Å²) in [7, 11) is 0. The van der Waals surface area contributed by atoms with Crippen LogP contribution in [0.15, 0.2) is 24.3 Å². The molecule has 6 heteroatoms. The van der Waals surface area contributed by atoms with Crippen LogP contribution in [0.3, 0.4) is 0 Å². The Morgan fingerprint density at radius 3 is 2.50 bits per heavy atom. The summed E-state index contributed by atoms with van der Waals surface area (Å²) in [6.07, 6.45) is 1.13. The molecule has 0 unspecified atom stereocenters. The second-order valence-corrected chi connectivity index (χ2v) is 5.12. The fourth-order valence-electron chi connectivity index (χ4n) is 2.39. The Labute approximate surface area is 129 Å². The third-order valence-electron chi connectivity index (χ3n) is 3.63. The zero-order valence-electron chi connectivity index (χ0n) is 12.5. The zero-order valence-corrected chi connectivity index (χ0v) is 12.5. The van der Waals surface area contributed by atoms with Crippen LogP contribution in [-0.2, 0) is 4.74 Å². The van der Waals surface area contributed by atoms with Gasteiger partial charge >= 0.3 is 6.09 Å². The molecular weight excluding hydrogens is 282 g/mol. The highest BCUT2D eigenvalue weighted by Gasteiger charge is 2.24. The number of nitriles is 1. The molecular formula is C16H19N3O3. The van der Waals surface area contributed by atoms with Crippen LogP contribution in [0.4, 0.5) is 4.79 Å². The minimum Gasteiger partial charge on any atom is -0.450 e. The third-order valence-corrected chi connectivity index (χ3v) is 3.63. The third kappa shape index (κ3) is 3.98. The lowest BCUT2D eigenvalue weighted by Gasteiger charge is -2.31. The highest BCUT2D eigenvalue weighted by atomic mass is 16.6. The van der Waals surface area contributed by atoms with E-state index >= 15 is 0 Å². The van der Waals surface area contributed by atoms with E-state index in [-0.39, 0.29) is 18.0 Å². The molecule has 0 atom stereocenters. The van der Waals surface area contributed by atoms with Crippen LogP contribution < -0.4 is 5.32 Å². The van der Waals surface area contributed by atoms with Gasteiger partial charge in [0.05, 0.1) is 18.2 Å². The average Bonchev–Trinajstić information content (AvgIpc) is 2.55. The molecule has 0 aromatic heterocycles. The number of amides is 2. The van der Waals surface area contributed by atoms with Crippen molar-refractivity contribution in [1.29, 1.82) is 5.26 Å². The summed E-state index contributed by atoms with van der Waals surface area (Å²) in [6.45, 7) is 3.31. The van der Waals surface area contributed by atoms with E-state index in [9.17, 15) is 9.59 Å². The van der Waals surface area contributed by atoms with Gasteiger partial charge in [0, 0.05) is 24.7 Å². The molecule has 1 fully saturated rings. The molecule has 0 saturated carbocycles. The van der Waals surface area contributed by atoms with Crippen molar-refractivity contribution >= 4 is 12.0 Å². The predicted molar refractivity (Wildman–Crippen MR) is 80.2 cm³/mol. The maximum atomic E-state index is 12.1. The highest BCUT2D eigenvalue weighted by molar-refractivity contribution is 5.94. The quantitative estimate of drug-likeness (QED) is 0.924. The first-order chi connectivity index (χ1) is 10.6. The molecule has 1 aromatic rings. The first kappa shape index (κ1) is 15.8. The van der Waals surface area contributed by atoms with Gasteiger partial charge in [0.2, 0.25) is 0 Å². The second kappa shape index (κ2) is 7.46. The minimum atomic E-state index is -0.292. The van der Waals surface area contributed by atoms with Crippen LogP contribution in [0.2, 0.25) is 0 Å². The van der Waals surface area contributed by atoms with Gasteiger partial charge in [0.1, 0.15) is 0 Å². The maximum Gasteiger partial charge on any atom is 0.409 e. The molecule has 22 heavy (non-hydrogen) atoms. The standard InChI is InChI=1S/C16H19N3O3/c1-2-22-16(21)19-9-7-14(8-10-19)18-15(20)13-5-3-12(11-17)4-6-13/h3-6,14H,2,7-10H2,1H3,(H,18,20). The Bertz CT molecular complexity index is 569. The Balaban J connectivity index is 1.83. The second-order valence-electron chi connectivity index (χ2n) is 5.12. The van der Waals surface area contributed by atoms with E-state index in [1.807, 2.05) is 6.07 Å². The summed E-state index contributed by atoms with van der Waals surface area (Å²) in [6, 6.07) is 8.60. The van der Waals surface area contributed by atoms with Crippen LogP contribution >= 0.6 is 0 Å².